The summed E-state index contributed by atoms with van der Waals surface area (Å²) < 4.78 is 18.5. The summed E-state index contributed by atoms with van der Waals surface area (Å²) in [5, 5.41) is 0. The van der Waals surface area contributed by atoms with Crippen molar-refractivity contribution >= 4 is 5.69 Å². The first-order valence-corrected chi connectivity index (χ1v) is 4.68. The Balaban J connectivity index is 2.14. The van der Waals surface area contributed by atoms with Crippen molar-refractivity contribution in [2.75, 3.05) is 5.73 Å². The van der Waals surface area contributed by atoms with Crippen molar-refractivity contribution in [3.8, 4) is 5.75 Å². The molecule has 0 saturated heterocycles. The van der Waals surface area contributed by atoms with Crippen LogP contribution in [-0.2, 0) is 0 Å². The molecule has 2 rings (SSSR count). The van der Waals surface area contributed by atoms with Crippen LogP contribution in [0.3, 0.4) is 0 Å². The van der Waals surface area contributed by atoms with Gasteiger partial charge < -0.3 is 10.5 Å². The minimum absolute atomic E-state index is 0.129. The Morgan fingerprint density at radius 3 is 2.87 bits per heavy atom. The van der Waals surface area contributed by atoms with Crippen molar-refractivity contribution < 1.29 is 9.13 Å². The third-order valence-corrected chi connectivity index (χ3v) is 2.06. The maximum Gasteiger partial charge on any atom is 0.149 e. The molecule has 0 bridgehead atoms. The van der Waals surface area contributed by atoms with E-state index in [1.165, 1.54) is 12.1 Å². The summed E-state index contributed by atoms with van der Waals surface area (Å²) in [7, 11) is 0. The van der Waals surface area contributed by atoms with Crippen LogP contribution in [0.25, 0.3) is 0 Å². The maximum atomic E-state index is 13.1. The van der Waals surface area contributed by atoms with Crippen LogP contribution >= 0.6 is 0 Å². The number of ether oxygens (including phenoxy) is 1. The molecule has 0 unspecified atom stereocenters. The van der Waals surface area contributed by atoms with E-state index in [4.69, 9.17) is 10.5 Å². The topological polar surface area (TPSA) is 35.2 Å². The van der Waals surface area contributed by atoms with Crippen molar-refractivity contribution in [1.29, 1.82) is 0 Å². The van der Waals surface area contributed by atoms with Gasteiger partial charge in [-0.3, -0.25) is 0 Å². The zero-order chi connectivity index (χ0) is 10.7. The smallest absolute Gasteiger partial charge is 0.149 e. The molecule has 0 saturated carbocycles. The highest BCUT2D eigenvalue weighted by atomic mass is 19.1. The van der Waals surface area contributed by atoms with Crippen molar-refractivity contribution in [1.82, 2.24) is 0 Å². The molecule has 0 atom stereocenters. The molecule has 0 aliphatic heterocycles. The van der Waals surface area contributed by atoms with Gasteiger partial charge in [0.2, 0.25) is 0 Å². The zero-order valence-electron chi connectivity index (χ0n) is 8.11. The highest BCUT2D eigenvalue weighted by Crippen LogP contribution is 2.21. The van der Waals surface area contributed by atoms with Gasteiger partial charge in [-0.15, -0.1) is 0 Å². The van der Waals surface area contributed by atoms with E-state index in [0.717, 1.165) is 12.2 Å². The summed E-state index contributed by atoms with van der Waals surface area (Å²) in [6.45, 7) is 0. The average Bonchev–Trinajstić information content (AvgIpc) is 2.25. The van der Waals surface area contributed by atoms with Crippen molar-refractivity contribution in [3.63, 3.8) is 0 Å². The highest BCUT2D eigenvalue weighted by molar-refractivity contribution is 5.44. The summed E-state index contributed by atoms with van der Waals surface area (Å²) in [4.78, 5) is 0. The molecule has 2 nitrogen and oxygen atoms in total. The molecule has 0 heterocycles. The molecule has 1 aliphatic rings. The van der Waals surface area contributed by atoms with Gasteiger partial charge in [0.1, 0.15) is 17.3 Å². The van der Waals surface area contributed by atoms with Crippen LogP contribution in [0.15, 0.2) is 42.2 Å². The Labute approximate surface area is 87.9 Å². The lowest BCUT2D eigenvalue weighted by Crippen LogP contribution is -1.97. The third-order valence-electron chi connectivity index (χ3n) is 2.06. The first kappa shape index (κ1) is 9.77. The molecule has 0 fully saturated rings. The van der Waals surface area contributed by atoms with Gasteiger partial charge in [0, 0.05) is 6.07 Å². The van der Waals surface area contributed by atoms with E-state index in [1.807, 2.05) is 24.6 Å². The molecule has 1 radical (unpaired) electrons. The number of hydrogen-bond acceptors (Lipinski definition) is 2. The van der Waals surface area contributed by atoms with Gasteiger partial charge in [-0.1, -0.05) is 6.08 Å². The summed E-state index contributed by atoms with van der Waals surface area (Å²) in [6, 6.07) is 4.41. The lowest BCUT2D eigenvalue weighted by molar-refractivity contribution is 0.437. The second-order valence-corrected chi connectivity index (χ2v) is 3.22. The van der Waals surface area contributed by atoms with Gasteiger partial charge in [0.05, 0.1) is 5.69 Å². The Morgan fingerprint density at radius 2 is 2.20 bits per heavy atom. The van der Waals surface area contributed by atoms with E-state index in [2.05, 4.69) is 0 Å². The van der Waals surface area contributed by atoms with Crippen LogP contribution in [0, 0.1) is 12.2 Å². The number of halogens is 1. The summed E-state index contributed by atoms with van der Waals surface area (Å²) in [5.74, 6) is 0.723. The first-order valence-electron chi connectivity index (χ1n) is 4.68. The molecular formula is C12H11FNO. The molecule has 0 aromatic heterocycles. The molecule has 0 amide bonds. The van der Waals surface area contributed by atoms with E-state index in [0.29, 0.717) is 5.75 Å². The Hall–Kier alpha value is -1.77. The predicted octanol–water partition coefficient (Wildman–Crippen LogP) is 2.83. The molecule has 3 heteroatoms. The van der Waals surface area contributed by atoms with Crippen LogP contribution in [0.2, 0.25) is 0 Å². The molecule has 2 N–H and O–H groups in total. The fraction of sp³-hybridized carbons (Fsp3) is 0.0833. The van der Waals surface area contributed by atoms with Gasteiger partial charge in [-0.2, -0.15) is 0 Å². The van der Waals surface area contributed by atoms with Gasteiger partial charge in [0.15, 0.2) is 0 Å². The lowest BCUT2D eigenvalue weighted by atomic mass is 10.2. The van der Waals surface area contributed by atoms with E-state index in [9.17, 15) is 4.39 Å². The first-order chi connectivity index (χ1) is 7.25. The third kappa shape index (κ3) is 2.37. The Morgan fingerprint density at radius 1 is 1.33 bits per heavy atom. The standard InChI is InChI=1S/C12H11FNO/c13-11-8-10(6-7-12(11)14)15-9-4-2-1-3-5-9/h1-2,4-8H,3,14H2. The van der Waals surface area contributed by atoms with Crippen LogP contribution < -0.4 is 10.5 Å². The van der Waals surface area contributed by atoms with Crippen LogP contribution in [0.4, 0.5) is 10.1 Å². The number of benzene rings is 1. The van der Waals surface area contributed by atoms with E-state index in [1.54, 1.807) is 6.07 Å². The molecule has 1 aliphatic carbocycles. The summed E-state index contributed by atoms with van der Waals surface area (Å²) in [6.07, 6.45) is 8.51. The van der Waals surface area contributed by atoms with Crippen LogP contribution in [0.1, 0.15) is 6.42 Å². The van der Waals surface area contributed by atoms with Crippen molar-refractivity contribution in [2.45, 2.75) is 6.42 Å². The van der Waals surface area contributed by atoms with E-state index in [-0.39, 0.29) is 5.69 Å². The van der Waals surface area contributed by atoms with Crippen LogP contribution in [-0.4, -0.2) is 0 Å². The normalized spacial score (nSPS) is 14.9. The highest BCUT2D eigenvalue weighted by Gasteiger charge is 2.03. The lowest BCUT2D eigenvalue weighted by Gasteiger charge is -2.09. The summed E-state index contributed by atoms with van der Waals surface area (Å²) in [5.41, 5.74) is 5.49. The van der Waals surface area contributed by atoms with E-state index >= 15 is 0 Å². The quantitative estimate of drug-likeness (QED) is 0.752. The fourth-order valence-electron chi connectivity index (χ4n) is 1.28. The molecule has 15 heavy (non-hydrogen) atoms. The minimum atomic E-state index is -0.459. The van der Waals surface area contributed by atoms with Crippen LogP contribution in [0.5, 0.6) is 5.75 Å². The largest absolute Gasteiger partial charge is 0.458 e. The number of hydrogen-bond donors (Lipinski definition) is 1. The van der Waals surface area contributed by atoms with Crippen molar-refractivity contribution in [3.05, 3.63) is 54.4 Å². The molecule has 1 aromatic rings. The Kier molecular flexibility index (Phi) is 2.72. The SMILES string of the molecule is Nc1ccc(OC2=CC[CH]C=C2)cc1F. The number of nitrogens with two attached hydrogens (primary N) is 1. The van der Waals surface area contributed by atoms with Gasteiger partial charge >= 0.3 is 0 Å². The van der Waals surface area contributed by atoms with Gasteiger partial charge in [0.25, 0.3) is 0 Å². The maximum absolute atomic E-state index is 13.1. The monoisotopic (exact) mass is 204 g/mol. The number of rotatable bonds is 2. The number of nitrogen functional groups attached to an aromatic ring is 1. The van der Waals surface area contributed by atoms with Gasteiger partial charge in [-0.05, 0) is 37.1 Å². The fourth-order valence-corrected chi connectivity index (χ4v) is 1.28. The molecule has 1 aromatic carbocycles. The number of anilines is 1. The van der Waals surface area contributed by atoms with Gasteiger partial charge in [-0.25, -0.2) is 4.39 Å². The predicted molar refractivity (Wildman–Crippen MR) is 57.6 cm³/mol. The second kappa shape index (κ2) is 4.17. The minimum Gasteiger partial charge on any atom is -0.458 e. The van der Waals surface area contributed by atoms with E-state index < -0.39 is 5.82 Å². The molecule has 77 valence electrons. The molecular weight excluding hydrogens is 193 g/mol. The second-order valence-electron chi connectivity index (χ2n) is 3.22. The zero-order valence-corrected chi connectivity index (χ0v) is 8.11. The Bertz CT molecular complexity index is 424. The van der Waals surface area contributed by atoms with Crippen molar-refractivity contribution in [2.24, 2.45) is 0 Å². The number of allylic oxidation sites excluding steroid dienone is 3. The summed E-state index contributed by atoms with van der Waals surface area (Å²) >= 11 is 0. The average molecular weight is 204 g/mol. The molecule has 0 spiro atoms.